The molecule has 2 aliphatic rings. The first-order valence-electron chi connectivity index (χ1n) is 16.4. The van der Waals surface area contributed by atoms with Crippen molar-refractivity contribution >= 4 is 17.1 Å². The van der Waals surface area contributed by atoms with Gasteiger partial charge >= 0.3 is 0 Å². The Labute approximate surface area is 277 Å². The molecule has 1 aliphatic carbocycles. The molecule has 8 rings (SSSR count). The van der Waals surface area contributed by atoms with Gasteiger partial charge in [0, 0.05) is 17.0 Å². The van der Waals surface area contributed by atoms with Crippen molar-refractivity contribution in [2.24, 2.45) is 5.92 Å². The summed E-state index contributed by atoms with van der Waals surface area (Å²) in [6.07, 6.45) is 5.37. The van der Waals surface area contributed by atoms with Crippen molar-refractivity contribution in [2.75, 3.05) is 4.90 Å². The number of hydrogen-bond donors (Lipinski definition) is 0. The summed E-state index contributed by atoms with van der Waals surface area (Å²) < 4.78 is 14.2. The van der Waals surface area contributed by atoms with E-state index in [1.54, 1.807) is 12.2 Å². The molecule has 2 heteroatoms. The predicted molar refractivity (Wildman–Crippen MR) is 194 cm³/mol. The van der Waals surface area contributed by atoms with Crippen LogP contribution in [0.25, 0.3) is 22.3 Å². The molecule has 0 bridgehead atoms. The van der Waals surface area contributed by atoms with Crippen molar-refractivity contribution in [3.8, 4) is 22.3 Å². The van der Waals surface area contributed by atoms with Gasteiger partial charge in [0.05, 0.1) is 11.4 Å². The van der Waals surface area contributed by atoms with Gasteiger partial charge < -0.3 is 4.90 Å². The van der Waals surface area contributed by atoms with Crippen LogP contribution in [0, 0.1) is 5.92 Å². The van der Waals surface area contributed by atoms with Crippen molar-refractivity contribution < 1.29 is 4.39 Å². The number of rotatable bonds is 5. The molecule has 0 N–H and O–H groups in total. The molecule has 6 aromatic carbocycles. The van der Waals surface area contributed by atoms with E-state index in [-0.39, 0.29) is 17.7 Å². The molecule has 47 heavy (non-hydrogen) atoms. The number of nitrogens with zero attached hydrogens (tertiary/aromatic N) is 1. The summed E-state index contributed by atoms with van der Waals surface area (Å²) in [6, 6.07) is 54.8. The first-order chi connectivity index (χ1) is 23.0. The standard InChI is InChI=1S/C45H36FN/c1-31-28-38(46)22-25-40(31)36-21-27-44-42(30-36)45(2,37-16-10-5-11-17-37)41-29-35(33-14-8-4-9-15-33)20-26-43(41)47(44)39-23-18-34(19-24-39)32-12-6-3-7-13-32/h3-31,40H,1-2H3. The van der Waals surface area contributed by atoms with E-state index >= 15 is 0 Å². The highest BCUT2D eigenvalue weighted by molar-refractivity contribution is 5.89. The third kappa shape index (κ3) is 5.02. The summed E-state index contributed by atoms with van der Waals surface area (Å²) in [4.78, 5) is 2.42. The lowest BCUT2D eigenvalue weighted by Crippen LogP contribution is -2.34. The fourth-order valence-electron chi connectivity index (χ4n) is 7.56. The maximum Gasteiger partial charge on any atom is 0.119 e. The molecule has 0 fully saturated rings. The van der Waals surface area contributed by atoms with Crippen LogP contribution in [0.15, 0.2) is 176 Å². The Morgan fingerprint density at radius 3 is 1.74 bits per heavy atom. The van der Waals surface area contributed by atoms with Crippen molar-refractivity contribution in [3.05, 3.63) is 198 Å². The molecule has 3 atom stereocenters. The molecule has 0 saturated carbocycles. The zero-order chi connectivity index (χ0) is 32.0. The van der Waals surface area contributed by atoms with E-state index in [0.717, 1.165) is 11.4 Å². The summed E-state index contributed by atoms with van der Waals surface area (Å²) >= 11 is 0. The Balaban J connectivity index is 1.37. The summed E-state index contributed by atoms with van der Waals surface area (Å²) in [5.74, 6) is -0.00738. The van der Waals surface area contributed by atoms with Crippen LogP contribution < -0.4 is 4.90 Å². The van der Waals surface area contributed by atoms with Crippen molar-refractivity contribution in [1.82, 2.24) is 0 Å². The quantitative estimate of drug-likeness (QED) is 0.188. The fourth-order valence-corrected chi connectivity index (χ4v) is 7.56. The van der Waals surface area contributed by atoms with E-state index in [1.165, 1.54) is 50.2 Å². The number of benzene rings is 6. The van der Waals surface area contributed by atoms with Gasteiger partial charge in [-0.1, -0.05) is 134 Å². The number of allylic oxidation sites excluding steroid dienone is 4. The van der Waals surface area contributed by atoms with E-state index in [2.05, 4.69) is 170 Å². The molecular formula is C45H36FN. The van der Waals surface area contributed by atoms with Gasteiger partial charge in [0.1, 0.15) is 5.83 Å². The number of hydrogen-bond acceptors (Lipinski definition) is 1. The summed E-state index contributed by atoms with van der Waals surface area (Å²) in [5, 5.41) is 0. The molecule has 1 nitrogen and oxygen atoms in total. The van der Waals surface area contributed by atoms with Gasteiger partial charge in [-0.2, -0.15) is 0 Å². The van der Waals surface area contributed by atoms with Crippen LogP contribution in [0.3, 0.4) is 0 Å². The summed E-state index contributed by atoms with van der Waals surface area (Å²) in [7, 11) is 0. The van der Waals surface area contributed by atoms with Crippen molar-refractivity contribution in [2.45, 2.75) is 25.2 Å². The molecule has 0 saturated heterocycles. The second-order valence-electron chi connectivity index (χ2n) is 12.9. The van der Waals surface area contributed by atoms with Crippen LogP contribution in [0.1, 0.15) is 42.0 Å². The SMILES string of the molecule is CC1C=C(F)C=CC1c1ccc2c(c1)C(C)(c1ccccc1)c1cc(-c3ccccc3)ccc1N2c1ccc(-c2ccccc2)cc1. The Kier molecular flexibility index (Phi) is 7.22. The lowest BCUT2D eigenvalue weighted by Gasteiger charge is -2.45. The molecule has 6 aromatic rings. The van der Waals surface area contributed by atoms with Crippen molar-refractivity contribution in [1.29, 1.82) is 0 Å². The van der Waals surface area contributed by atoms with E-state index in [0.29, 0.717) is 0 Å². The minimum Gasteiger partial charge on any atom is -0.310 e. The monoisotopic (exact) mass is 609 g/mol. The van der Waals surface area contributed by atoms with Crippen LogP contribution in [0.5, 0.6) is 0 Å². The third-order valence-electron chi connectivity index (χ3n) is 10.1. The number of anilines is 3. The van der Waals surface area contributed by atoms with Crippen LogP contribution in [0.2, 0.25) is 0 Å². The van der Waals surface area contributed by atoms with Gasteiger partial charge in [0.25, 0.3) is 0 Å². The lowest BCUT2D eigenvalue weighted by molar-refractivity contribution is 0.574. The topological polar surface area (TPSA) is 3.24 Å². The highest BCUT2D eigenvalue weighted by Gasteiger charge is 2.42. The molecule has 1 heterocycles. The molecular weight excluding hydrogens is 574 g/mol. The normalized spacial score (nSPS) is 19.9. The number of halogens is 1. The Morgan fingerprint density at radius 1 is 0.574 bits per heavy atom. The summed E-state index contributed by atoms with van der Waals surface area (Å²) in [5.41, 5.74) is 12.7. The van der Waals surface area contributed by atoms with Gasteiger partial charge in [0.15, 0.2) is 0 Å². The van der Waals surface area contributed by atoms with E-state index in [4.69, 9.17) is 0 Å². The first kappa shape index (κ1) is 29.0. The average Bonchev–Trinajstić information content (AvgIpc) is 3.13. The fraction of sp³-hybridized carbons (Fsp3) is 0.111. The average molecular weight is 610 g/mol. The van der Waals surface area contributed by atoms with Gasteiger partial charge in [0.2, 0.25) is 0 Å². The van der Waals surface area contributed by atoms with Gasteiger partial charge in [-0.25, -0.2) is 4.39 Å². The van der Waals surface area contributed by atoms with Crippen LogP contribution in [-0.2, 0) is 5.41 Å². The predicted octanol–water partition coefficient (Wildman–Crippen LogP) is 12.3. The van der Waals surface area contributed by atoms with Crippen LogP contribution in [-0.4, -0.2) is 0 Å². The molecule has 0 radical (unpaired) electrons. The largest absolute Gasteiger partial charge is 0.310 e. The third-order valence-corrected chi connectivity index (χ3v) is 10.1. The second-order valence-corrected chi connectivity index (χ2v) is 12.9. The van der Waals surface area contributed by atoms with Gasteiger partial charge in [-0.15, -0.1) is 0 Å². The van der Waals surface area contributed by atoms with Gasteiger partial charge in [-0.05, 0) is 99.8 Å². The smallest absolute Gasteiger partial charge is 0.119 e. The van der Waals surface area contributed by atoms with Crippen LogP contribution >= 0.6 is 0 Å². The Morgan fingerprint density at radius 2 is 1.11 bits per heavy atom. The molecule has 1 aliphatic heterocycles. The second kappa shape index (κ2) is 11.7. The van der Waals surface area contributed by atoms with E-state index in [1.807, 2.05) is 6.08 Å². The molecule has 3 unspecified atom stereocenters. The van der Waals surface area contributed by atoms with E-state index < -0.39 is 5.41 Å². The van der Waals surface area contributed by atoms with Crippen molar-refractivity contribution in [3.63, 3.8) is 0 Å². The minimum absolute atomic E-state index is 0.0585. The zero-order valence-corrected chi connectivity index (χ0v) is 26.6. The zero-order valence-electron chi connectivity index (χ0n) is 26.6. The Hall–Kier alpha value is -5.47. The number of fused-ring (bicyclic) bond motifs is 2. The molecule has 0 aromatic heterocycles. The lowest BCUT2D eigenvalue weighted by atomic mass is 9.66. The highest BCUT2D eigenvalue weighted by atomic mass is 19.1. The molecule has 228 valence electrons. The maximum atomic E-state index is 14.2. The highest BCUT2D eigenvalue weighted by Crippen LogP contribution is 2.56. The van der Waals surface area contributed by atoms with E-state index in [9.17, 15) is 4.39 Å². The molecule has 0 spiro atoms. The molecule has 0 amide bonds. The van der Waals surface area contributed by atoms with Gasteiger partial charge in [-0.3, -0.25) is 0 Å². The van der Waals surface area contributed by atoms with Crippen LogP contribution in [0.4, 0.5) is 21.5 Å². The maximum absolute atomic E-state index is 14.2. The summed E-state index contributed by atoms with van der Waals surface area (Å²) in [6.45, 7) is 4.47. The minimum atomic E-state index is -0.448. The first-order valence-corrected chi connectivity index (χ1v) is 16.4. The Bertz CT molecular complexity index is 2110.